The van der Waals surface area contributed by atoms with E-state index in [2.05, 4.69) is 50.3 Å². The van der Waals surface area contributed by atoms with Crippen LogP contribution in [0.4, 0.5) is 0 Å². The lowest BCUT2D eigenvalue weighted by Gasteiger charge is -2.39. The van der Waals surface area contributed by atoms with E-state index >= 15 is 0 Å². The Balaban J connectivity index is 2.36. The van der Waals surface area contributed by atoms with Crippen molar-refractivity contribution in [3.63, 3.8) is 0 Å². The van der Waals surface area contributed by atoms with Crippen LogP contribution in [-0.4, -0.2) is 89.0 Å². The largest absolute Gasteiger partial charge is 0.462 e. The first-order chi connectivity index (χ1) is 26.3. The lowest BCUT2D eigenvalue weighted by atomic mass is 9.99. The topological polar surface area (TPSA) is 152 Å². The fourth-order valence-electron chi connectivity index (χ4n) is 6.38. The quantitative estimate of drug-likeness (QED) is 0.0280. The van der Waals surface area contributed by atoms with E-state index in [-0.39, 0.29) is 26.1 Å². The van der Waals surface area contributed by atoms with Gasteiger partial charge in [-0.1, -0.05) is 153 Å². The molecule has 1 saturated heterocycles. The zero-order chi connectivity index (χ0) is 39.5. The van der Waals surface area contributed by atoms with E-state index in [1.165, 1.54) is 64.2 Å². The van der Waals surface area contributed by atoms with Crippen molar-refractivity contribution >= 4 is 11.9 Å². The van der Waals surface area contributed by atoms with Crippen LogP contribution in [-0.2, 0) is 28.5 Å². The first kappa shape index (κ1) is 49.9. The Morgan fingerprint density at radius 1 is 0.593 bits per heavy atom. The second kappa shape index (κ2) is 35.3. The second-order valence-corrected chi connectivity index (χ2v) is 14.8. The molecular weight excluding hydrogens is 688 g/mol. The minimum Gasteiger partial charge on any atom is -0.462 e. The molecule has 0 aromatic rings. The van der Waals surface area contributed by atoms with Gasteiger partial charge in [-0.15, -0.1) is 0 Å². The van der Waals surface area contributed by atoms with E-state index < -0.39 is 55.4 Å². The monoisotopic (exact) mass is 767 g/mol. The zero-order valence-electron chi connectivity index (χ0n) is 34.0. The molecule has 4 N–H and O–H groups in total. The van der Waals surface area contributed by atoms with Crippen molar-refractivity contribution in [3.05, 3.63) is 36.5 Å². The van der Waals surface area contributed by atoms with Crippen LogP contribution in [0, 0.1) is 0 Å². The van der Waals surface area contributed by atoms with E-state index in [0.717, 1.165) is 70.6 Å². The van der Waals surface area contributed by atoms with Crippen molar-refractivity contribution in [2.45, 2.75) is 211 Å². The number of unbranched alkanes of at least 4 members (excludes halogenated alkanes) is 18. The molecule has 0 amide bonds. The number of carbonyl (C=O) groups excluding carboxylic acids is 2. The van der Waals surface area contributed by atoms with Gasteiger partial charge in [0.1, 0.15) is 31.0 Å². The Hall–Kier alpha value is -2.08. The Kier molecular flexibility index (Phi) is 32.7. The molecule has 0 aromatic carbocycles. The summed E-state index contributed by atoms with van der Waals surface area (Å²) in [4.78, 5) is 25.3. The number of rotatable bonds is 35. The fraction of sp³-hybridized carbons (Fsp3) is 0.818. The number of hydrogen-bond acceptors (Lipinski definition) is 10. The average Bonchev–Trinajstić information content (AvgIpc) is 3.17. The summed E-state index contributed by atoms with van der Waals surface area (Å²) in [5.74, 6) is -0.824. The van der Waals surface area contributed by atoms with E-state index in [9.17, 15) is 30.0 Å². The van der Waals surface area contributed by atoms with Crippen LogP contribution in [0.1, 0.15) is 174 Å². The smallest absolute Gasteiger partial charge is 0.306 e. The molecule has 2 unspecified atom stereocenters. The molecule has 54 heavy (non-hydrogen) atoms. The van der Waals surface area contributed by atoms with Crippen molar-refractivity contribution in [2.75, 3.05) is 19.8 Å². The molecule has 10 nitrogen and oxygen atoms in total. The second-order valence-electron chi connectivity index (χ2n) is 14.8. The number of ether oxygens (including phenoxy) is 4. The highest BCUT2D eigenvalue weighted by Gasteiger charge is 2.44. The molecule has 0 bridgehead atoms. The molecule has 314 valence electrons. The molecule has 0 radical (unpaired) electrons. The average molecular weight is 767 g/mol. The van der Waals surface area contributed by atoms with Gasteiger partial charge in [0, 0.05) is 12.8 Å². The van der Waals surface area contributed by atoms with Crippen LogP contribution < -0.4 is 0 Å². The molecule has 6 atom stereocenters. The normalized spacial score (nSPS) is 21.0. The summed E-state index contributed by atoms with van der Waals surface area (Å²) >= 11 is 0. The van der Waals surface area contributed by atoms with Gasteiger partial charge in [0.15, 0.2) is 12.4 Å². The maximum atomic E-state index is 12.7. The third-order valence-corrected chi connectivity index (χ3v) is 9.79. The maximum Gasteiger partial charge on any atom is 0.306 e. The van der Waals surface area contributed by atoms with Gasteiger partial charge in [-0.3, -0.25) is 9.59 Å². The summed E-state index contributed by atoms with van der Waals surface area (Å²) in [5, 5.41) is 40.0. The molecule has 1 rings (SSSR count). The number of aliphatic hydroxyl groups excluding tert-OH is 4. The molecule has 0 aromatic heterocycles. The van der Waals surface area contributed by atoms with Gasteiger partial charge in [0.2, 0.25) is 0 Å². The Labute approximate surface area is 327 Å². The predicted molar refractivity (Wildman–Crippen MR) is 215 cm³/mol. The number of esters is 2. The third-order valence-electron chi connectivity index (χ3n) is 9.79. The van der Waals surface area contributed by atoms with Crippen molar-refractivity contribution in [3.8, 4) is 0 Å². The van der Waals surface area contributed by atoms with Gasteiger partial charge in [0.05, 0.1) is 13.2 Å². The Bertz CT molecular complexity index is 980. The lowest BCUT2D eigenvalue weighted by Crippen LogP contribution is -2.59. The number of allylic oxidation sites excluding steroid dienone is 6. The van der Waals surface area contributed by atoms with Crippen LogP contribution >= 0.6 is 0 Å². The van der Waals surface area contributed by atoms with Gasteiger partial charge in [-0.05, 0) is 44.9 Å². The van der Waals surface area contributed by atoms with Gasteiger partial charge < -0.3 is 39.4 Å². The summed E-state index contributed by atoms with van der Waals surface area (Å²) in [6, 6.07) is 0. The fourth-order valence-corrected chi connectivity index (χ4v) is 6.38. The summed E-state index contributed by atoms with van der Waals surface area (Å²) in [5.41, 5.74) is 0. The molecular formula is C44H78O10. The Morgan fingerprint density at radius 2 is 1.09 bits per heavy atom. The molecule has 1 aliphatic heterocycles. The standard InChI is InChI=1S/C44H78O10/c1-3-5-7-9-11-13-15-17-19-21-22-24-26-28-30-32-39(46)51-35-37(36-52-44-43(50)42(49)41(48)38(34-45)54-44)53-40(47)33-31-29-27-25-23-20-18-16-14-12-10-8-6-4-2/h5,7,11,13,17,19,37-38,41-45,48-50H,3-4,6,8-10,12,14-16,18,20-36H2,1-2H3/b7-5+,13-11+,19-17+/t37-,38-,41+,42?,43?,44-/m0/s1. The lowest BCUT2D eigenvalue weighted by molar-refractivity contribution is -0.305. The van der Waals surface area contributed by atoms with Crippen LogP contribution in [0.5, 0.6) is 0 Å². The molecule has 1 fully saturated rings. The van der Waals surface area contributed by atoms with Crippen molar-refractivity contribution in [1.29, 1.82) is 0 Å². The summed E-state index contributed by atoms with van der Waals surface area (Å²) in [7, 11) is 0. The zero-order valence-corrected chi connectivity index (χ0v) is 34.0. The summed E-state index contributed by atoms with van der Waals surface area (Å²) in [6.45, 7) is 3.29. The minimum atomic E-state index is -1.60. The van der Waals surface area contributed by atoms with Crippen LogP contribution in [0.25, 0.3) is 0 Å². The summed E-state index contributed by atoms with van der Waals surface area (Å²) < 4.78 is 22.1. The molecule has 0 aliphatic carbocycles. The molecule has 0 saturated carbocycles. The van der Waals surface area contributed by atoms with E-state index in [1.807, 2.05) is 0 Å². The molecule has 1 heterocycles. The first-order valence-electron chi connectivity index (χ1n) is 21.6. The van der Waals surface area contributed by atoms with Crippen LogP contribution in [0.2, 0.25) is 0 Å². The van der Waals surface area contributed by atoms with Crippen molar-refractivity contribution in [1.82, 2.24) is 0 Å². The highest BCUT2D eigenvalue weighted by molar-refractivity contribution is 5.70. The third kappa shape index (κ3) is 26.7. The van der Waals surface area contributed by atoms with Crippen molar-refractivity contribution in [2.24, 2.45) is 0 Å². The van der Waals surface area contributed by atoms with Gasteiger partial charge in [0.25, 0.3) is 0 Å². The highest BCUT2D eigenvalue weighted by atomic mass is 16.7. The first-order valence-corrected chi connectivity index (χ1v) is 21.6. The number of hydrogen-bond donors (Lipinski definition) is 4. The number of aliphatic hydroxyl groups is 4. The SMILES string of the molecule is CC/C=C/C/C=C/C/C=C/CCCCCCCC(=O)OC[C@@H](CO[C@H]1O[C@@H](CO)[C@@H](O)C(O)C1O)OC(=O)CCCCCCCCCCCCCCCC. The minimum absolute atomic E-state index is 0.225. The van der Waals surface area contributed by atoms with Gasteiger partial charge in [-0.2, -0.15) is 0 Å². The van der Waals surface area contributed by atoms with Gasteiger partial charge >= 0.3 is 11.9 Å². The van der Waals surface area contributed by atoms with E-state index in [1.54, 1.807) is 0 Å². The molecule has 1 aliphatic rings. The van der Waals surface area contributed by atoms with Crippen molar-refractivity contribution < 1.29 is 49.0 Å². The Morgan fingerprint density at radius 3 is 1.65 bits per heavy atom. The molecule has 10 heteroatoms. The van der Waals surface area contributed by atoms with Crippen LogP contribution in [0.15, 0.2) is 36.5 Å². The van der Waals surface area contributed by atoms with Gasteiger partial charge in [-0.25, -0.2) is 0 Å². The van der Waals surface area contributed by atoms with E-state index in [0.29, 0.717) is 12.8 Å². The predicted octanol–water partition coefficient (Wildman–Crippen LogP) is 8.72. The van der Waals surface area contributed by atoms with Crippen LogP contribution in [0.3, 0.4) is 0 Å². The summed E-state index contributed by atoms with van der Waals surface area (Å²) in [6.07, 6.45) is 31.5. The molecule has 0 spiro atoms. The highest BCUT2D eigenvalue weighted by Crippen LogP contribution is 2.22. The maximum absolute atomic E-state index is 12.7. The number of carbonyl (C=O) groups is 2. The van der Waals surface area contributed by atoms with E-state index in [4.69, 9.17) is 18.9 Å².